The summed E-state index contributed by atoms with van der Waals surface area (Å²) in [5, 5.41) is 1.87. The molecule has 2 aromatic rings. The molecule has 0 saturated heterocycles. The SMILES string of the molecule is CC(C)[C@@H](NS(=O)(=O)c1cn(C)c(=O)n(C)c1=O)c1cccs1. The normalized spacial score (nSPS) is 13.4. The van der Waals surface area contributed by atoms with Crippen molar-refractivity contribution >= 4 is 21.4 Å². The lowest BCUT2D eigenvalue weighted by atomic mass is 10.0. The lowest BCUT2D eigenvalue weighted by molar-refractivity contribution is 0.467. The fourth-order valence-electron chi connectivity index (χ4n) is 2.18. The van der Waals surface area contributed by atoms with Crippen molar-refractivity contribution in [3.05, 3.63) is 49.4 Å². The van der Waals surface area contributed by atoms with Crippen molar-refractivity contribution in [2.75, 3.05) is 0 Å². The average Bonchev–Trinajstić information content (AvgIpc) is 3.00. The summed E-state index contributed by atoms with van der Waals surface area (Å²) in [7, 11) is -1.40. The lowest BCUT2D eigenvalue weighted by Crippen LogP contribution is -2.42. The van der Waals surface area contributed by atoms with E-state index < -0.39 is 32.2 Å². The van der Waals surface area contributed by atoms with Gasteiger partial charge in [-0.25, -0.2) is 17.9 Å². The minimum Gasteiger partial charge on any atom is -0.302 e. The van der Waals surface area contributed by atoms with E-state index in [-0.39, 0.29) is 5.92 Å². The molecule has 126 valence electrons. The standard InChI is InChI=1S/C14H19N3O4S2/c1-9(2)12(10-6-5-7-22-10)15-23(20,21)11-8-16(3)14(19)17(4)13(11)18/h5-9,12,15H,1-4H3/t12-/m1/s1. The van der Waals surface area contributed by atoms with Crippen LogP contribution in [0.4, 0.5) is 0 Å². The van der Waals surface area contributed by atoms with E-state index in [0.717, 1.165) is 20.2 Å². The first-order valence-electron chi connectivity index (χ1n) is 6.97. The number of aromatic nitrogens is 2. The van der Waals surface area contributed by atoms with Gasteiger partial charge in [0.1, 0.15) is 0 Å². The molecule has 1 N–H and O–H groups in total. The molecular formula is C14H19N3O4S2. The van der Waals surface area contributed by atoms with Gasteiger partial charge < -0.3 is 4.57 Å². The van der Waals surface area contributed by atoms with Crippen molar-refractivity contribution in [1.29, 1.82) is 0 Å². The average molecular weight is 357 g/mol. The molecule has 9 heteroatoms. The predicted molar refractivity (Wildman–Crippen MR) is 89.1 cm³/mol. The zero-order valence-corrected chi connectivity index (χ0v) is 14.9. The molecule has 0 spiro atoms. The minimum atomic E-state index is -4.06. The van der Waals surface area contributed by atoms with Crippen LogP contribution in [0.3, 0.4) is 0 Å². The zero-order chi connectivity index (χ0) is 17.4. The Kier molecular flexibility index (Phi) is 4.92. The first kappa shape index (κ1) is 17.6. The third kappa shape index (κ3) is 3.46. The predicted octanol–water partition coefficient (Wildman–Crippen LogP) is 0.821. The van der Waals surface area contributed by atoms with Gasteiger partial charge >= 0.3 is 5.69 Å². The number of aryl methyl sites for hydroxylation is 1. The summed E-state index contributed by atoms with van der Waals surface area (Å²) in [5.41, 5.74) is -1.41. The number of rotatable bonds is 5. The summed E-state index contributed by atoms with van der Waals surface area (Å²) in [6.07, 6.45) is 1.05. The third-order valence-corrected chi connectivity index (χ3v) is 5.88. The second-order valence-corrected chi connectivity index (χ2v) is 8.27. The van der Waals surface area contributed by atoms with E-state index in [1.807, 2.05) is 31.4 Å². The summed E-state index contributed by atoms with van der Waals surface area (Å²) in [6.45, 7) is 3.79. The molecule has 2 heterocycles. The molecule has 2 aromatic heterocycles. The van der Waals surface area contributed by atoms with Crippen molar-refractivity contribution < 1.29 is 8.42 Å². The van der Waals surface area contributed by atoms with Gasteiger partial charge in [0.25, 0.3) is 5.56 Å². The largest absolute Gasteiger partial charge is 0.330 e. The van der Waals surface area contributed by atoms with Crippen LogP contribution < -0.4 is 16.0 Å². The summed E-state index contributed by atoms with van der Waals surface area (Å²) in [6, 6.07) is 3.24. The Bertz CT molecular complexity index is 908. The first-order valence-corrected chi connectivity index (χ1v) is 9.34. The van der Waals surface area contributed by atoms with Crippen LogP contribution in [-0.4, -0.2) is 17.6 Å². The van der Waals surface area contributed by atoms with Gasteiger partial charge in [-0.1, -0.05) is 19.9 Å². The zero-order valence-electron chi connectivity index (χ0n) is 13.3. The maximum atomic E-state index is 12.6. The molecule has 2 rings (SSSR count). The molecular weight excluding hydrogens is 338 g/mol. The van der Waals surface area contributed by atoms with Crippen LogP contribution in [0, 0.1) is 5.92 Å². The fraction of sp³-hybridized carbons (Fsp3) is 0.429. The van der Waals surface area contributed by atoms with Crippen LogP contribution in [0.25, 0.3) is 0 Å². The van der Waals surface area contributed by atoms with Gasteiger partial charge in [0, 0.05) is 25.2 Å². The molecule has 0 saturated carbocycles. The second-order valence-electron chi connectivity index (χ2n) is 5.61. The molecule has 1 atom stereocenters. The summed E-state index contributed by atoms with van der Waals surface area (Å²) < 4.78 is 29.7. The Morgan fingerprint density at radius 1 is 1.22 bits per heavy atom. The first-order chi connectivity index (χ1) is 10.6. The molecule has 7 nitrogen and oxygen atoms in total. The monoisotopic (exact) mass is 357 g/mol. The van der Waals surface area contributed by atoms with Crippen molar-refractivity contribution in [1.82, 2.24) is 13.9 Å². The Labute approximate surface area is 138 Å². The molecule has 0 aliphatic heterocycles. The number of nitrogens with one attached hydrogen (secondary N) is 1. The topological polar surface area (TPSA) is 90.2 Å². The van der Waals surface area contributed by atoms with Gasteiger partial charge in [-0.3, -0.25) is 9.36 Å². The molecule has 0 aliphatic carbocycles. The highest BCUT2D eigenvalue weighted by atomic mass is 32.2. The van der Waals surface area contributed by atoms with Gasteiger partial charge in [-0.15, -0.1) is 11.3 Å². The van der Waals surface area contributed by atoms with E-state index in [0.29, 0.717) is 0 Å². The Balaban J connectivity index is 2.51. The highest BCUT2D eigenvalue weighted by Crippen LogP contribution is 2.27. The Hall–Kier alpha value is -1.71. The molecule has 0 radical (unpaired) electrons. The highest BCUT2D eigenvalue weighted by Gasteiger charge is 2.27. The third-order valence-electron chi connectivity index (χ3n) is 3.50. The van der Waals surface area contributed by atoms with Crippen LogP contribution in [0.1, 0.15) is 24.8 Å². The molecule has 0 unspecified atom stereocenters. The van der Waals surface area contributed by atoms with Crippen LogP contribution in [0.15, 0.2) is 38.2 Å². The second kappa shape index (κ2) is 6.42. The van der Waals surface area contributed by atoms with Crippen molar-refractivity contribution in [2.24, 2.45) is 20.0 Å². The number of hydrogen-bond donors (Lipinski definition) is 1. The van der Waals surface area contributed by atoms with Gasteiger partial charge in [0.2, 0.25) is 10.0 Å². The van der Waals surface area contributed by atoms with E-state index in [1.54, 1.807) is 0 Å². The van der Waals surface area contributed by atoms with Gasteiger partial charge in [0.05, 0.1) is 6.04 Å². The maximum Gasteiger partial charge on any atom is 0.330 e. The number of sulfonamides is 1. The van der Waals surface area contributed by atoms with Crippen molar-refractivity contribution in [3.63, 3.8) is 0 Å². The highest BCUT2D eigenvalue weighted by molar-refractivity contribution is 7.89. The molecule has 23 heavy (non-hydrogen) atoms. The van der Waals surface area contributed by atoms with Crippen LogP contribution >= 0.6 is 11.3 Å². The molecule has 0 aliphatic rings. The van der Waals surface area contributed by atoms with E-state index in [1.165, 1.54) is 25.4 Å². The quantitative estimate of drug-likeness (QED) is 0.858. The van der Waals surface area contributed by atoms with Crippen molar-refractivity contribution in [2.45, 2.75) is 24.8 Å². The summed E-state index contributed by atoms with van der Waals surface area (Å²) in [5.74, 6) is -0.000177. The molecule has 0 aromatic carbocycles. The number of hydrogen-bond acceptors (Lipinski definition) is 5. The number of thiophene rings is 1. The number of nitrogens with zero attached hydrogens (tertiary/aromatic N) is 2. The van der Waals surface area contributed by atoms with E-state index in [9.17, 15) is 18.0 Å². The van der Waals surface area contributed by atoms with Gasteiger partial charge in [-0.05, 0) is 17.4 Å². The Morgan fingerprint density at radius 3 is 2.39 bits per heavy atom. The molecule has 0 bridgehead atoms. The van der Waals surface area contributed by atoms with Crippen LogP contribution in [0.2, 0.25) is 0 Å². The van der Waals surface area contributed by atoms with Crippen LogP contribution in [0.5, 0.6) is 0 Å². The van der Waals surface area contributed by atoms with Gasteiger partial charge in [0.15, 0.2) is 4.90 Å². The van der Waals surface area contributed by atoms with E-state index >= 15 is 0 Å². The summed E-state index contributed by atoms with van der Waals surface area (Å²) in [4.78, 5) is 24.3. The maximum absolute atomic E-state index is 12.6. The molecule has 0 amide bonds. The smallest absolute Gasteiger partial charge is 0.302 e. The molecule has 0 fully saturated rings. The van der Waals surface area contributed by atoms with E-state index in [2.05, 4.69) is 4.72 Å². The van der Waals surface area contributed by atoms with Crippen LogP contribution in [-0.2, 0) is 24.1 Å². The minimum absolute atomic E-state index is 0.000177. The Morgan fingerprint density at radius 2 is 1.87 bits per heavy atom. The van der Waals surface area contributed by atoms with E-state index in [4.69, 9.17) is 0 Å². The fourth-order valence-corrected chi connectivity index (χ4v) is 4.73. The van der Waals surface area contributed by atoms with Gasteiger partial charge in [-0.2, -0.15) is 0 Å². The lowest BCUT2D eigenvalue weighted by Gasteiger charge is -2.21. The summed E-state index contributed by atoms with van der Waals surface area (Å²) >= 11 is 1.44. The van der Waals surface area contributed by atoms with Crippen molar-refractivity contribution in [3.8, 4) is 0 Å².